The zero-order chi connectivity index (χ0) is 20.6. The molecule has 0 radical (unpaired) electrons. The van der Waals surface area contributed by atoms with Crippen LogP contribution >= 0.6 is 11.6 Å². The topological polar surface area (TPSA) is 58.6 Å². The maximum Gasteiger partial charge on any atom is 0.417 e. The minimum Gasteiger partial charge on any atom is -0.444 e. The normalized spacial score (nSPS) is 20.5. The molecule has 27 heavy (non-hydrogen) atoms. The molecule has 1 aliphatic heterocycles. The number of likely N-dealkylation sites (tertiary alicyclic amines) is 1. The smallest absolute Gasteiger partial charge is 0.417 e. The summed E-state index contributed by atoms with van der Waals surface area (Å²) < 4.78 is 58.7. The number of amides is 2. The van der Waals surface area contributed by atoms with Gasteiger partial charge in [0.25, 0.3) is 5.91 Å². The number of hydrogen-bond acceptors (Lipinski definition) is 3. The lowest BCUT2D eigenvalue weighted by atomic mass is 10.0. The van der Waals surface area contributed by atoms with Gasteiger partial charge in [-0.15, -0.1) is 0 Å². The number of carbonyl (C=O) groups is 2. The van der Waals surface area contributed by atoms with Gasteiger partial charge in [-0.25, -0.2) is 9.18 Å². The fraction of sp³-hybridized carbons (Fsp3) is 0.529. The van der Waals surface area contributed by atoms with E-state index >= 15 is 0 Å². The maximum absolute atomic E-state index is 14.9. The molecule has 1 heterocycles. The number of ether oxygens (including phenoxy) is 1. The summed E-state index contributed by atoms with van der Waals surface area (Å²) in [6.07, 6.45) is -5.77. The van der Waals surface area contributed by atoms with E-state index in [-0.39, 0.29) is 18.7 Å². The zero-order valence-electron chi connectivity index (χ0n) is 14.9. The quantitative estimate of drug-likeness (QED) is 0.722. The lowest BCUT2D eigenvalue weighted by molar-refractivity contribution is -0.137. The van der Waals surface area contributed by atoms with Crippen molar-refractivity contribution in [1.82, 2.24) is 4.90 Å². The summed E-state index contributed by atoms with van der Waals surface area (Å²) in [6.45, 7) is 4.35. The van der Waals surface area contributed by atoms with Crippen LogP contribution in [-0.4, -0.2) is 41.3 Å². The van der Waals surface area contributed by atoms with Crippen molar-refractivity contribution < 1.29 is 31.9 Å². The number of benzene rings is 1. The second-order valence-electron chi connectivity index (χ2n) is 7.26. The molecule has 1 saturated heterocycles. The fourth-order valence-electron chi connectivity index (χ4n) is 2.50. The lowest BCUT2D eigenvalue weighted by Gasteiger charge is -2.25. The van der Waals surface area contributed by atoms with Gasteiger partial charge in [0.1, 0.15) is 5.60 Å². The molecule has 1 aliphatic rings. The highest BCUT2D eigenvalue weighted by atomic mass is 35.5. The molecule has 2 rings (SSSR count). The monoisotopic (exact) mass is 410 g/mol. The summed E-state index contributed by atoms with van der Waals surface area (Å²) in [7, 11) is 0. The molecule has 150 valence electrons. The van der Waals surface area contributed by atoms with Crippen molar-refractivity contribution in [2.75, 3.05) is 18.4 Å². The molecule has 1 atom stereocenters. The Balaban J connectivity index is 2.09. The molecule has 1 aromatic carbocycles. The predicted molar refractivity (Wildman–Crippen MR) is 91.3 cm³/mol. The average Bonchev–Trinajstić information content (AvgIpc) is 2.90. The molecule has 0 saturated carbocycles. The molecule has 2 amide bonds. The Bertz CT molecular complexity index is 749. The van der Waals surface area contributed by atoms with Crippen LogP contribution in [0.4, 0.5) is 28.0 Å². The van der Waals surface area contributed by atoms with Crippen LogP contribution in [0, 0.1) is 0 Å². The minimum atomic E-state index is -4.72. The van der Waals surface area contributed by atoms with E-state index in [2.05, 4.69) is 5.32 Å². The van der Waals surface area contributed by atoms with Gasteiger partial charge in [0.05, 0.1) is 17.1 Å². The molecule has 0 aliphatic carbocycles. The van der Waals surface area contributed by atoms with Crippen LogP contribution in [0.5, 0.6) is 0 Å². The van der Waals surface area contributed by atoms with E-state index in [0.29, 0.717) is 6.07 Å². The summed E-state index contributed by atoms with van der Waals surface area (Å²) in [5, 5.41) is 1.59. The Morgan fingerprint density at radius 2 is 1.89 bits per heavy atom. The second-order valence-corrected chi connectivity index (χ2v) is 7.67. The van der Waals surface area contributed by atoms with Gasteiger partial charge in [-0.05, 0) is 39.0 Å². The first kappa shape index (κ1) is 21.3. The highest BCUT2D eigenvalue weighted by Gasteiger charge is 2.47. The third-order valence-corrected chi connectivity index (χ3v) is 4.14. The zero-order valence-corrected chi connectivity index (χ0v) is 15.7. The summed E-state index contributed by atoms with van der Waals surface area (Å²) >= 11 is 5.51. The van der Waals surface area contributed by atoms with Gasteiger partial charge in [0.15, 0.2) is 0 Å². The highest BCUT2D eigenvalue weighted by Crippen LogP contribution is 2.36. The van der Waals surface area contributed by atoms with Gasteiger partial charge >= 0.3 is 12.3 Å². The molecule has 1 fully saturated rings. The molecule has 1 unspecified atom stereocenters. The number of halogens is 5. The van der Waals surface area contributed by atoms with Crippen LogP contribution in [0.1, 0.15) is 32.8 Å². The molecular weight excluding hydrogens is 392 g/mol. The highest BCUT2D eigenvalue weighted by molar-refractivity contribution is 6.31. The molecule has 10 heteroatoms. The summed E-state index contributed by atoms with van der Waals surface area (Å²) in [5.74, 6) is -1.14. The van der Waals surface area contributed by atoms with Gasteiger partial charge in [-0.3, -0.25) is 4.79 Å². The van der Waals surface area contributed by atoms with E-state index in [4.69, 9.17) is 16.3 Å². The third kappa shape index (κ3) is 5.24. The number of carbonyl (C=O) groups excluding carboxylic acids is 2. The third-order valence-electron chi connectivity index (χ3n) is 3.81. The van der Waals surface area contributed by atoms with Gasteiger partial charge in [-0.2, -0.15) is 13.2 Å². The first-order valence-electron chi connectivity index (χ1n) is 8.06. The van der Waals surface area contributed by atoms with Crippen LogP contribution < -0.4 is 5.32 Å². The summed E-state index contributed by atoms with van der Waals surface area (Å²) in [4.78, 5) is 25.3. The summed E-state index contributed by atoms with van der Waals surface area (Å²) in [6, 6.07) is 2.73. The Labute approximate surface area is 158 Å². The molecule has 0 bridgehead atoms. The van der Waals surface area contributed by atoms with Crippen molar-refractivity contribution in [3.05, 3.63) is 28.8 Å². The first-order chi connectivity index (χ1) is 12.2. The van der Waals surface area contributed by atoms with Crippen LogP contribution in [0.15, 0.2) is 18.2 Å². The van der Waals surface area contributed by atoms with E-state index in [0.717, 1.165) is 17.0 Å². The van der Waals surface area contributed by atoms with Crippen LogP contribution in [-0.2, 0) is 15.7 Å². The van der Waals surface area contributed by atoms with Crippen molar-refractivity contribution in [3.63, 3.8) is 0 Å². The number of nitrogens with zero attached hydrogens (tertiary/aromatic N) is 1. The van der Waals surface area contributed by atoms with Crippen molar-refractivity contribution in [1.29, 1.82) is 0 Å². The Morgan fingerprint density at radius 1 is 1.26 bits per heavy atom. The van der Waals surface area contributed by atoms with Crippen molar-refractivity contribution >= 4 is 29.3 Å². The number of anilines is 1. The van der Waals surface area contributed by atoms with Crippen LogP contribution in [0.25, 0.3) is 0 Å². The van der Waals surface area contributed by atoms with Gasteiger partial charge in [-0.1, -0.05) is 11.6 Å². The van der Waals surface area contributed by atoms with Gasteiger partial charge in [0.2, 0.25) is 5.67 Å². The standard InChI is InChI=1S/C17H19ClF4N2O3/c1-15(2,3)27-14(26)24-7-6-16(19,9-24)13(25)23-10-4-5-12(18)11(8-10)17(20,21)22/h4-5,8H,6-7,9H2,1-3H3,(H,23,25). The number of rotatable bonds is 2. The van der Waals surface area contributed by atoms with Crippen LogP contribution in [0.2, 0.25) is 5.02 Å². The van der Waals surface area contributed by atoms with Crippen LogP contribution in [0.3, 0.4) is 0 Å². The lowest BCUT2D eigenvalue weighted by Crippen LogP contribution is -2.43. The molecular formula is C17H19ClF4N2O3. The molecule has 1 aromatic rings. The average molecular weight is 411 g/mol. The van der Waals surface area contributed by atoms with Gasteiger partial charge in [0, 0.05) is 18.7 Å². The van der Waals surface area contributed by atoms with E-state index in [9.17, 15) is 27.2 Å². The fourth-order valence-corrected chi connectivity index (χ4v) is 2.73. The van der Waals surface area contributed by atoms with E-state index in [1.807, 2.05) is 0 Å². The Hall–Kier alpha value is -2.03. The molecule has 1 N–H and O–H groups in total. The molecule has 0 spiro atoms. The largest absolute Gasteiger partial charge is 0.444 e. The molecule has 0 aromatic heterocycles. The number of alkyl halides is 4. The second kappa shape index (κ2) is 7.18. The number of hydrogen-bond donors (Lipinski definition) is 1. The number of nitrogens with one attached hydrogen (secondary N) is 1. The first-order valence-corrected chi connectivity index (χ1v) is 8.44. The maximum atomic E-state index is 14.9. The van der Waals surface area contributed by atoms with Gasteiger partial charge < -0.3 is 15.0 Å². The predicted octanol–water partition coefficient (Wildman–Crippen LogP) is 4.65. The SMILES string of the molecule is CC(C)(C)OC(=O)N1CCC(F)(C(=O)Nc2ccc(Cl)c(C(F)(F)F)c2)C1. The minimum absolute atomic E-state index is 0.0484. The van der Waals surface area contributed by atoms with Crippen molar-refractivity contribution in [2.24, 2.45) is 0 Å². The van der Waals surface area contributed by atoms with E-state index < -0.39 is 46.6 Å². The summed E-state index contributed by atoms with van der Waals surface area (Å²) in [5.41, 5.74) is -4.60. The molecule has 5 nitrogen and oxygen atoms in total. The Kier molecular flexibility index (Phi) is 5.66. The van der Waals surface area contributed by atoms with E-state index in [1.165, 1.54) is 0 Å². The van der Waals surface area contributed by atoms with E-state index in [1.54, 1.807) is 20.8 Å². The van der Waals surface area contributed by atoms with Crippen molar-refractivity contribution in [2.45, 2.75) is 44.6 Å². The van der Waals surface area contributed by atoms with Crippen molar-refractivity contribution in [3.8, 4) is 0 Å². The Morgan fingerprint density at radius 3 is 2.44 bits per heavy atom.